The minimum atomic E-state index is -0.216. The van der Waals surface area contributed by atoms with E-state index in [1.165, 1.54) is 81.9 Å². The maximum absolute atomic E-state index is 12.4. The molecule has 0 radical (unpaired) electrons. The minimum Gasteiger partial charge on any atom is -1.00 e. The van der Waals surface area contributed by atoms with E-state index in [0.29, 0.717) is 23.9 Å². The SMILES string of the molecule is CCCCCCCCCCCCCCOc1ccc(OCC(=O)Nc2ccc(C[n+]3cscc3C)cc2)cc1OC.[Br-]. The number of nitrogens with one attached hydrogen (secondary N) is 1. The molecule has 3 aromatic rings. The Morgan fingerprint density at radius 1 is 0.833 bits per heavy atom. The van der Waals surface area contributed by atoms with Crippen LogP contribution >= 0.6 is 11.3 Å². The lowest BCUT2D eigenvalue weighted by atomic mass is 10.1. The van der Waals surface area contributed by atoms with Crippen molar-refractivity contribution in [2.45, 2.75) is 97.4 Å². The summed E-state index contributed by atoms with van der Waals surface area (Å²) in [5.41, 5.74) is 5.27. The molecule has 0 aliphatic rings. The van der Waals surface area contributed by atoms with Gasteiger partial charge >= 0.3 is 0 Å². The third kappa shape index (κ3) is 13.6. The molecule has 0 saturated heterocycles. The summed E-state index contributed by atoms with van der Waals surface area (Å²) in [6.45, 7) is 5.76. The highest BCUT2D eigenvalue weighted by Gasteiger charge is 2.11. The van der Waals surface area contributed by atoms with Gasteiger partial charge in [-0.2, -0.15) is 4.57 Å². The number of hydrogen-bond donors (Lipinski definition) is 1. The van der Waals surface area contributed by atoms with Crippen LogP contribution in [0.2, 0.25) is 0 Å². The number of hydrogen-bond acceptors (Lipinski definition) is 5. The van der Waals surface area contributed by atoms with Crippen LogP contribution in [0.3, 0.4) is 0 Å². The first-order valence-corrected chi connectivity index (χ1v) is 16.3. The standard InChI is InChI=1S/C34H48N2O4S.BrH/c1-4-5-6-7-8-9-10-11-12-13-14-15-22-39-32-21-20-31(23-33(32)38-3)40-25-34(37)35-30-18-16-29(17-19-30)24-36-27-41-26-28(36)2;/h16-21,23,26-27H,4-15,22,24-25H2,1-3H3;1H. The van der Waals surface area contributed by atoms with E-state index in [1.807, 2.05) is 36.4 Å². The molecule has 1 N–H and O–H groups in total. The fourth-order valence-corrected chi connectivity index (χ4v) is 5.51. The van der Waals surface area contributed by atoms with Crippen LogP contribution in [0.5, 0.6) is 17.2 Å². The van der Waals surface area contributed by atoms with Crippen LogP contribution in [-0.2, 0) is 11.3 Å². The molecule has 0 saturated carbocycles. The van der Waals surface area contributed by atoms with Crippen LogP contribution in [0.15, 0.2) is 53.4 Å². The van der Waals surface area contributed by atoms with Crippen LogP contribution in [0.25, 0.3) is 0 Å². The van der Waals surface area contributed by atoms with Gasteiger partial charge in [-0.3, -0.25) is 4.79 Å². The molecule has 232 valence electrons. The number of unbranched alkanes of at least 4 members (excludes halogenated alkanes) is 11. The van der Waals surface area contributed by atoms with E-state index in [0.717, 1.165) is 18.7 Å². The molecular weight excluding hydrogens is 612 g/mol. The van der Waals surface area contributed by atoms with Crippen LogP contribution in [-0.4, -0.2) is 26.2 Å². The maximum atomic E-state index is 12.4. The molecule has 0 fully saturated rings. The highest BCUT2D eigenvalue weighted by molar-refractivity contribution is 7.07. The van der Waals surface area contributed by atoms with Gasteiger partial charge in [-0.25, -0.2) is 0 Å². The second-order valence-corrected chi connectivity index (χ2v) is 11.4. The normalized spacial score (nSPS) is 10.6. The Bertz CT molecular complexity index is 1150. The molecule has 3 rings (SSSR count). The molecule has 1 amide bonds. The van der Waals surface area contributed by atoms with Crippen molar-refractivity contribution in [2.75, 3.05) is 25.6 Å². The molecule has 0 aliphatic heterocycles. The molecule has 1 heterocycles. The Balaban J connectivity index is 0.00000616. The van der Waals surface area contributed by atoms with E-state index < -0.39 is 0 Å². The summed E-state index contributed by atoms with van der Waals surface area (Å²) in [5, 5.41) is 5.02. The largest absolute Gasteiger partial charge is 1.00 e. The highest BCUT2D eigenvalue weighted by atomic mass is 79.9. The Kier molecular flexibility index (Phi) is 17.9. The van der Waals surface area contributed by atoms with Gasteiger partial charge in [0.25, 0.3) is 5.91 Å². The third-order valence-corrected chi connectivity index (χ3v) is 8.08. The first-order valence-electron chi connectivity index (χ1n) is 15.3. The number of carbonyl (C=O) groups excluding carboxylic acids is 1. The van der Waals surface area contributed by atoms with Crippen LogP contribution < -0.4 is 41.1 Å². The lowest BCUT2D eigenvalue weighted by Crippen LogP contribution is -3.00. The fourth-order valence-electron chi connectivity index (χ4n) is 4.73. The van der Waals surface area contributed by atoms with Crippen LogP contribution in [0.4, 0.5) is 5.69 Å². The molecular formula is C34H49BrN2O4S. The number of amides is 1. The Labute approximate surface area is 267 Å². The zero-order valence-corrected chi connectivity index (χ0v) is 28.1. The molecule has 0 aliphatic carbocycles. The lowest BCUT2D eigenvalue weighted by Gasteiger charge is -2.13. The van der Waals surface area contributed by atoms with Crippen molar-refractivity contribution in [3.63, 3.8) is 0 Å². The van der Waals surface area contributed by atoms with Gasteiger partial charge in [0, 0.05) is 24.2 Å². The topological polar surface area (TPSA) is 60.7 Å². The van der Waals surface area contributed by atoms with Crippen molar-refractivity contribution in [3.05, 3.63) is 64.6 Å². The monoisotopic (exact) mass is 660 g/mol. The maximum Gasteiger partial charge on any atom is 0.262 e. The van der Waals surface area contributed by atoms with Gasteiger partial charge < -0.3 is 36.5 Å². The van der Waals surface area contributed by atoms with Gasteiger partial charge in [-0.15, -0.1) is 0 Å². The number of nitrogens with zero attached hydrogens (tertiary/aromatic N) is 1. The lowest BCUT2D eigenvalue weighted by molar-refractivity contribution is -0.689. The fraction of sp³-hybridized carbons (Fsp3) is 0.529. The van der Waals surface area contributed by atoms with Crippen molar-refractivity contribution in [1.29, 1.82) is 0 Å². The predicted octanol–water partition coefficient (Wildman–Crippen LogP) is 5.50. The Morgan fingerprint density at radius 2 is 1.48 bits per heavy atom. The highest BCUT2D eigenvalue weighted by Crippen LogP contribution is 2.31. The van der Waals surface area contributed by atoms with Gasteiger partial charge in [0.15, 0.2) is 30.3 Å². The summed E-state index contributed by atoms with van der Waals surface area (Å²) in [6, 6.07) is 13.3. The van der Waals surface area contributed by atoms with Gasteiger partial charge in [0.2, 0.25) is 5.51 Å². The van der Waals surface area contributed by atoms with Gasteiger partial charge in [-0.05, 0) is 30.7 Å². The van der Waals surface area contributed by atoms with Crippen LogP contribution in [0, 0.1) is 6.92 Å². The Hall–Kier alpha value is -2.58. The molecule has 1 aromatic heterocycles. The number of carbonyl (C=O) groups is 1. The minimum absolute atomic E-state index is 0. The summed E-state index contributed by atoms with van der Waals surface area (Å²) in [5.74, 6) is 1.65. The van der Waals surface area contributed by atoms with Crippen molar-refractivity contribution in [1.82, 2.24) is 0 Å². The predicted molar refractivity (Wildman–Crippen MR) is 168 cm³/mol. The third-order valence-electron chi connectivity index (χ3n) is 7.23. The molecule has 8 heteroatoms. The quantitative estimate of drug-likeness (QED) is 0.121. The van der Waals surface area contributed by atoms with E-state index in [2.05, 4.69) is 34.6 Å². The zero-order valence-electron chi connectivity index (χ0n) is 25.7. The van der Waals surface area contributed by atoms with E-state index in [4.69, 9.17) is 14.2 Å². The molecule has 0 spiro atoms. The van der Waals surface area contributed by atoms with Gasteiger partial charge in [0.1, 0.15) is 5.75 Å². The first kappa shape index (κ1) is 35.6. The molecule has 0 bridgehead atoms. The number of halogens is 1. The average molecular weight is 662 g/mol. The number of benzene rings is 2. The summed E-state index contributed by atoms with van der Waals surface area (Å²) in [4.78, 5) is 12.4. The smallest absolute Gasteiger partial charge is 0.262 e. The first-order chi connectivity index (χ1) is 20.1. The van der Waals surface area contributed by atoms with E-state index in [1.54, 1.807) is 24.5 Å². The van der Waals surface area contributed by atoms with Crippen molar-refractivity contribution >= 4 is 22.9 Å². The summed E-state index contributed by atoms with van der Waals surface area (Å²) >= 11 is 1.69. The number of aromatic nitrogens is 1. The summed E-state index contributed by atoms with van der Waals surface area (Å²) < 4.78 is 19.4. The Morgan fingerprint density at radius 3 is 2.07 bits per heavy atom. The number of anilines is 1. The number of rotatable bonds is 21. The second kappa shape index (κ2) is 21.2. The summed E-state index contributed by atoms with van der Waals surface area (Å²) in [7, 11) is 1.62. The zero-order chi connectivity index (χ0) is 29.1. The van der Waals surface area contributed by atoms with Gasteiger partial charge in [-0.1, -0.05) is 101 Å². The van der Waals surface area contributed by atoms with Crippen molar-refractivity contribution in [2.24, 2.45) is 0 Å². The van der Waals surface area contributed by atoms with Crippen molar-refractivity contribution in [3.8, 4) is 17.2 Å². The summed E-state index contributed by atoms with van der Waals surface area (Å²) in [6.07, 6.45) is 15.8. The molecule has 0 atom stereocenters. The van der Waals surface area contributed by atoms with Gasteiger partial charge in [0.05, 0.1) is 19.1 Å². The van der Waals surface area contributed by atoms with E-state index in [-0.39, 0.29) is 29.5 Å². The van der Waals surface area contributed by atoms with E-state index in [9.17, 15) is 4.79 Å². The average Bonchev–Trinajstić information content (AvgIpc) is 3.39. The number of thiazole rings is 1. The number of aryl methyl sites for hydroxylation is 1. The second-order valence-electron chi connectivity index (χ2n) is 10.7. The van der Waals surface area contributed by atoms with Crippen LogP contribution in [0.1, 0.15) is 95.2 Å². The molecule has 0 unspecified atom stereocenters. The molecule has 2 aromatic carbocycles. The number of ether oxygens (including phenoxy) is 3. The number of methoxy groups -OCH3 is 1. The molecule has 6 nitrogen and oxygen atoms in total. The molecule has 42 heavy (non-hydrogen) atoms. The van der Waals surface area contributed by atoms with Crippen molar-refractivity contribution < 1.29 is 40.6 Å². The van der Waals surface area contributed by atoms with E-state index >= 15 is 0 Å².